The Bertz CT molecular complexity index is 2200. The Labute approximate surface area is 318 Å². The first-order chi connectivity index (χ1) is 25.1. The Morgan fingerprint density at radius 1 is 0.615 bits per heavy atom. The summed E-state index contributed by atoms with van der Waals surface area (Å²) in [4.78, 5) is 64.6. The molecule has 0 aliphatic carbocycles. The van der Waals surface area contributed by atoms with Crippen LogP contribution in [0.1, 0.15) is 26.7 Å². The van der Waals surface area contributed by atoms with Gasteiger partial charge in [0, 0.05) is 34.5 Å². The van der Waals surface area contributed by atoms with Crippen molar-refractivity contribution in [2.75, 3.05) is 10.6 Å². The third-order valence-corrected chi connectivity index (χ3v) is 11.5. The third-order valence-electron chi connectivity index (χ3n) is 8.25. The summed E-state index contributed by atoms with van der Waals surface area (Å²) in [6, 6.07) is 27.7. The highest BCUT2D eigenvalue weighted by molar-refractivity contribution is 8.00. The van der Waals surface area contributed by atoms with Crippen LogP contribution < -0.4 is 21.8 Å². The first-order valence-electron chi connectivity index (χ1n) is 16.6. The van der Waals surface area contributed by atoms with Gasteiger partial charge in [-0.1, -0.05) is 84.8 Å². The Kier molecular flexibility index (Phi) is 12.0. The average Bonchev–Trinajstić information content (AvgIpc) is 3.15. The van der Waals surface area contributed by atoms with Crippen LogP contribution in [0.3, 0.4) is 0 Å². The minimum absolute atomic E-state index is 0.0511. The Hall–Kier alpha value is -4.62. The van der Waals surface area contributed by atoms with E-state index in [2.05, 4.69) is 10.6 Å². The maximum atomic E-state index is 14.1. The Morgan fingerprint density at radius 3 is 1.35 bits per heavy atom. The molecular formula is C38H34Cl2N6O4S2. The van der Waals surface area contributed by atoms with Crippen LogP contribution >= 0.6 is 46.7 Å². The number of nitrogens with one attached hydrogen (secondary N) is 2. The summed E-state index contributed by atoms with van der Waals surface area (Å²) in [5.41, 5.74) is 1.59. The maximum absolute atomic E-state index is 14.1. The van der Waals surface area contributed by atoms with Crippen LogP contribution in [-0.2, 0) is 22.7 Å². The molecule has 2 aromatic heterocycles. The summed E-state index contributed by atoms with van der Waals surface area (Å²) in [5.74, 6) is -0.500. The topological polar surface area (TPSA) is 128 Å². The largest absolute Gasteiger partial charge is 0.325 e. The van der Waals surface area contributed by atoms with Crippen molar-refractivity contribution in [3.63, 3.8) is 0 Å². The molecule has 6 rings (SSSR count). The van der Waals surface area contributed by atoms with E-state index in [1.807, 2.05) is 13.8 Å². The number of carbonyl (C=O) groups is 2. The highest BCUT2D eigenvalue weighted by atomic mass is 35.5. The number of carbonyl (C=O) groups excluding carboxylic acids is 2. The molecule has 0 saturated heterocycles. The molecule has 0 aliphatic rings. The van der Waals surface area contributed by atoms with Crippen molar-refractivity contribution >= 4 is 91.7 Å². The molecule has 0 bridgehead atoms. The first-order valence-corrected chi connectivity index (χ1v) is 19.1. The first kappa shape index (κ1) is 37.1. The zero-order chi connectivity index (χ0) is 36.8. The third kappa shape index (κ3) is 8.53. The van der Waals surface area contributed by atoms with Gasteiger partial charge >= 0.3 is 0 Å². The van der Waals surface area contributed by atoms with Gasteiger partial charge in [-0.2, -0.15) is 0 Å². The predicted molar refractivity (Wildman–Crippen MR) is 212 cm³/mol. The summed E-state index contributed by atoms with van der Waals surface area (Å²) in [5, 5.41) is 7.28. The van der Waals surface area contributed by atoms with Gasteiger partial charge in [0.2, 0.25) is 11.8 Å². The molecule has 2 heterocycles. The summed E-state index contributed by atoms with van der Waals surface area (Å²) >= 11 is 14.4. The number of hydrogen-bond donors (Lipinski definition) is 2. The van der Waals surface area contributed by atoms with Crippen LogP contribution in [0.5, 0.6) is 0 Å². The zero-order valence-corrected chi connectivity index (χ0v) is 31.4. The molecule has 0 fully saturated rings. The number of fused-ring (bicyclic) bond motifs is 2. The molecule has 266 valence electrons. The fraction of sp³-hybridized carbons (Fsp3) is 0.211. The molecule has 14 heteroatoms. The number of para-hydroxylation sites is 2. The summed E-state index contributed by atoms with van der Waals surface area (Å²) in [7, 11) is 0. The highest BCUT2D eigenvalue weighted by Gasteiger charge is 2.25. The van der Waals surface area contributed by atoms with E-state index >= 15 is 0 Å². The van der Waals surface area contributed by atoms with Gasteiger partial charge in [0.1, 0.15) is 0 Å². The normalized spacial score (nSPS) is 12.5. The van der Waals surface area contributed by atoms with Gasteiger partial charge in [-0.3, -0.25) is 28.3 Å². The van der Waals surface area contributed by atoms with Crippen LogP contribution in [0.4, 0.5) is 11.4 Å². The molecule has 0 aliphatic heterocycles. The maximum Gasteiger partial charge on any atom is 0.262 e. The highest BCUT2D eigenvalue weighted by Crippen LogP contribution is 2.29. The van der Waals surface area contributed by atoms with Crippen molar-refractivity contribution < 1.29 is 9.59 Å². The van der Waals surface area contributed by atoms with E-state index in [-0.39, 0.29) is 36.0 Å². The van der Waals surface area contributed by atoms with Gasteiger partial charge in [0.05, 0.1) is 32.3 Å². The van der Waals surface area contributed by atoms with Gasteiger partial charge < -0.3 is 10.6 Å². The van der Waals surface area contributed by atoms with Crippen LogP contribution in [0, 0.1) is 0 Å². The Balaban J connectivity index is 1.33. The average molecular weight is 774 g/mol. The summed E-state index contributed by atoms with van der Waals surface area (Å²) < 4.78 is 3.01. The number of rotatable bonds is 13. The Morgan fingerprint density at radius 2 is 0.981 bits per heavy atom. The second-order valence-corrected chi connectivity index (χ2v) is 15.0. The molecule has 0 spiro atoms. The second kappa shape index (κ2) is 16.8. The van der Waals surface area contributed by atoms with Crippen molar-refractivity contribution in [2.45, 2.75) is 60.6 Å². The molecule has 2 N–H and O–H groups in total. The zero-order valence-electron chi connectivity index (χ0n) is 28.2. The van der Waals surface area contributed by atoms with Gasteiger partial charge in [-0.15, -0.1) is 0 Å². The number of aromatic nitrogens is 4. The van der Waals surface area contributed by atoms with Gasteiger partial charge in [-0.25, -0.2) is 9.97 Å². The molecule has 10 nitrogen and oxygen atoms in total. The standard InChI is InChI=1S/C38H34Cl2N6O4S2/c1-3-31(33(47)41-25-17-13-23(39)14-18-25)51-37-43-29-11-7-5-9-27(29)35(49)45(37)21-22-46-36(50)28-10-6-8-12-30(28)44-38(46)52-32(4-2)34(48)42-26-19-15-24(40)16-20-26/h5-20,31-32H,3-4,21-22H2,1-2H3,(H,41,47)(H,42,48). The summed E-state index contributed by atoms with van der Waals surface area (Å²) in [6.45, 7) is 3.88. The van der Waals surface area contributed by atoms with Crippen molar-refractivity contribution in [1.82, 2.24) is 19.1 Å². The number of benzene rings is 4. The van der Waals surface area contributed by atoms with E-state index in [0.29, 0.717) is 66.4 Å². The molecule has 6 aromatic rings. The van der Waals surface area contributed by atoms with Crippen LogP contribution in [-0.4, -0.2) is 41.4 Å². The SMILES string of the molecule is CCC(Sc1nc2ccccc2c(=O)n1CCn1c(SC(CC)C(=O)Nc2ccc(Cl)cc2)nc2ccccc2c1=O)C(=O)Nc1ccc(Cl)cc1. The van der Waals surface area contributed by atoms with Gasteiger partial charge in [0.15, 0.2) is 10.3 Å². The van der Waals surface area contributed by atoms with Crippen molar-refractivity contribution in [3.05, 3.63) is 128 Å². The lowest BCUT2D eigenvalue weighted by Crippen LogP contribution is -2.32. The fourth-order valence-corrected chi connectivity index (χ4v) is 7.81. The lowest BCUT2D eigenvalue weighted by Gasteiger charge is -2.20. The number of anilines is 2. The molecule has 52 heavy (non-hydrogen) atoms. The quantitative estimate of drug-likeness (QED) is 0.0890. The molecule has 4 aromatic carbocycles. The summed E-state index contributed by atoms with van der Waals surface area (Å²) in [6.07, 6.45) is 0.913. The van der Waals surface area contributed by atoms with Crippen molar-refractivity contribution in [1.29, 1.82) is 0 Å². The van der Waals surface area contributed by atoms with Crippen LogP contribution in [0.25, 0.3) is 21.8 Å². The molecule has 0 saturated carbocycles. The number of thioether (sulfide) groups is 2. The molecule has 0 radical (unpaired) electrons. The van der Waals surface area contributed by atoms with E-state index in [4.69, 9.17) is 33.2 Å². The molecule has 2 atom stereocenters. The van der Waals surface area contributed by atoms with Crippen LogP contribution in [0.2, 0.25) is 10.0 Å². The van der Waals surface area contributed by atoms with E-state index in [1.165, 1.54) is 32.7 Å². The fourth-order valence-electron chi connectivity index (χ4n) is 5.48. The van der Waals surface area contributed by atoms with Gasteiger partial charge in [-0.05, 0) is 85.6 Å². The van der Waals surface area contributed by atoms with E-state index < -0.39 is 10.5 Å². The lowest BCUT2D eigenvalue weighted by molar-refractivity contribution is -0.116. The van der Waals surface area contributed by atoms with E-state index in [1.54, 1.807) is 97.1 Å². The molecule has 2 unspecified atom stereocenters. The smallest absolute Gasteiger partial charge is 0.262 e. The number of halogens is 2. The van der Waals surface area contributed by atoms with Crippen molar-refractivity contribution in [3.8, 4) is 0 Å². The minimum Gasteiger partial charge on any atom is -0.325 e. The lowest BCUT2D eigenvalue weighted by atomic mass is 10.2. The van der Waals surface area contributed by atoms with Gasteiger partial charge in [0.25, 0.3) is 11.1 Å². The second-order valence-electron chi connectivity index (χ2n) is 11.8. The van der Waals surface area contributed by atoms with Crippen molar-refractivity contribution in [2.24, 2.45) is 0 Å². The predicted octanol–water partition coefficient (Wildman–Crippen LogP) is 8.13. The number of amides is 2. The molecular weight excluding hydrogens is 739 g/mol. The number of hydrogen-bond acceptors (Lipinski definition) is 8. The van der Waals surface area contributed by atoms with Crippen LogP contribution in [0.15, 0.2) is 117 Å². The molecule has 2 amide bonds. The monoisotopic (exact) mass is 772 g/mol. The van der Waals surface area contributed by atoms with E-state index in [9.17, 15) is 19.2 Å². The van der Waals surface area contributed by atoms with E-state index in [0.717, 1.165) is 0 Å². The number of nitrogens with zero attached hydrogens (tertiary/aromatic N) is 4. The minimum atomic E-state index is -0.587.